The lowest BCUT2D eigenvalue weighted by molar-refractivity contribution is -0.113. The molecule has 2 aromatic carbocycles. The zero-order valence-corrected chi connectivity index (χ0v) is 16.6. The predicted molar refractivity (Wildman–Crippen MR) is 108 cm³/mol. The van der Waals surface area contributed by atoms with Crippen LogP contribution in [0.15, 0.2) is 47.0 Å². The molecule has 0 saturated carbocycles. The second kappa shape index (κ2) is 9.12. The average Bonchev–Trinajstić information content (AvgIpc) is 3.11. The first-order chi connectivity index (χ1) is 13.0. The fourth-order valence-corrected chi connectivity index (χ4v) is 3.24. The summed E-state index contributed by atoms with van der Waals surface area (Å²) in [6.45, 7) is 0. The summed E-state index contributed by atoms with van der Waals surface area (Å²) in [6.07, 6.45) is 0. The molecule has 140 valence electrons. The van der Waals surface area contributed by atoms with Crippen LogP contribution in [0.2, 0.25) is 10.0 Å². The summed E-state index contributed by atoms with van der Waals surface area (Å²) in [5, 5.41) is 7.79. The number of hydrogen-bond donors (Lipinski definition) is 1. The number of carbonyl (C=O) groups excluding carboxylic acids is 1. The van der Waals surface area contributed by atoms with Crippen LogP contribution in [0.25, 0.3) is 11.4 Å². The van der Waals surface area contributed by atoms with Crippen molar-refractivity contribution >= 4 is 46.6 Å². The van der Waals surface area contributed by atoms with Gasteiger partial charge in [0.25, 0.3) is 0 Å². The highest BCUT2D eigenvalue weighted by Gasteiger charge is 2.11. The lowest BCUT2D eigenvalue weighted by atomic mass is 10.2. The molecule has 0 bridgehead atoms. The van der Waals surface area contributed by atoms with Gasteiger partial charge in [-0.25, -0.2) is 0 Å². The first kappa shape index (κ1) is 19.5. The van der Waals surface area contributed by atoms with Crippen molar-refractivity contribution in [3.63, 3.8) is 0 Å². The van der Waals surface area contributed by atoms with Gasteiger partial charge in [-0.3, -0.25) is 4.79 Å². The Balaban J connectivity index is 1.49. The van der Waals surface area contributed by atoms with E-state index in [1.54, 1.807) is 30.3 Å². The molecule has 0 aliphatic carbocycles. The number of rotatable bonds is 7. The topological polar surface area (TPSA) is 77.2 Å². The minimum absolute atomic E-state index is 0.154. The highest BCUT2D eigenvalue weighted by molar-refractivity contribution is 7.99. The lowest BCUT2D eigenvalue weighted by Gasteiger charge is -2.07. The number of nitrogens with zero attached hydrogens (tertiary/aromatic N) is 2. The van der Waals surface area contributed by atoms with Crippen molar-refractivity contribution < 1.29 is 14.1 Å². The van der Waals surface area contributed by atoms with E-state index < -0.39 is 0 Å². The maximum Gasteiger partial charge on any atom is 0.236 e. The molecule has 0 radical (unpaired) electrons. The van der Waals surface area contributed by atoms with E-state index in [1.807, 2.05) is 12.1 Å². The van der Waals surface area contributed by atoms with E-state index >= 15 is 0 Å². The fraction of sp³-hybridized carbons (Fsp3) is 0.167. The maximum atomic E-state index is 12.0. The molecule has 27 heavy (non-hydrogen) atoms. The molecule has 1 aromatic heterocycles. The molecule has 1 heterocycles. The zero-order chi connectivity index (χ0) is 19.2. The minimum atomic E-state index is -0.154. The number of halogens is 2. The van der Waals surface area contributed by atoms with Crippen LogP contribution in [0.3, 0.4) is 0 Å². The van der Waals surface area contributed by atoms with Gasteiger partial charge in [-0.05, 0) is 42.5 Å². The summed E-state index contributed by atoms with van der Waals surface area (Å²) in [4.78, 5) is 16.4. The van der Waals surface area contributed by atoms with Crippen molar-refractivity contribution in [3.05, 3.63) is 58.4 Å². The predicted octanol–water partition coefficient (Wildman–Crippen LogP) is 4.92. The van der Waals surface area contributed by atoms with E-state index in [-0.39, 0.29) is 11.7 Å². The molecular weight excluding hydrogens is 409 g/mol. The van der Waals surface area contributed by atoms with Gasteiger partial charge < -0.3 is 14.6 Å². The van der Waals surface area contributed by atoms with E-state index in [0.717, 1.165) is 5.56 Å². The van der Waals surface area contributed by atoms with Crippen molar-refractivity contribution in [1.29, 1.82) is 0 Å². The summed E-state index contributed by atoms with van der Waals surface area (Å²) in [5.41, 5.74) is 1.42. The van der Waals surface area contributed by atoms with E-state index in [4.69, 9.17) is 32.5 Å². The van der Waals surface area contributed by atoms with Crippen LogP contribution in [0.5, 0.6) is 5.75 Å². The minimum Gasteiger partial charge on any atom is -0.495 e. The summed E-state index contributed by atoms with van der Waals surface area (Å²) < 4.78 is 10.3. The Morgan fingerprint density at radius 1 is 1.22 bits per heavy atom. The molecule has 0 fully saturated rings. The highest BCUT2D eigenvalue weighted by Crippen LogP contribution is 2.27. The van der Waals surface area contributed by atoms with E-state index in [0.29, 0.717) is 39.0 Å². The summed E-state index contributed by atoms with van der Waals surface area (Å²) >= 11 is 13.3. The number of methoxy groups -OCH3 is 1. The van der Waals surface area contributed by atoms with Crippen molar-refractivity contribution in [2.24, 2.45) is 0 Å². The van der Waals surface area contributed by atoms with Crippen molar-refractivity contribution in [3.8, 4) is 17.1 Å². The van der Waals surface area contributed by atoms with Crippen LogP contribution in [0, 0.1) is 0 Å². The van der Waals surface area contributed by atoms with Crippen LogP contribution >= 0.6 is 35.0 Å². The number of hydrogen-bond acceptors (Lipinski definition) is 6. The molecule has 1 N–H and O–H groups in total. The summed E-state index contributed by atoms with van der Waals surface area (Å²) in [5.74, 6) is 2.00. The van der Waals surface area contributed by atoms with Gasteiger partial charge in [0.2, 0.25) is 17.6 Å². The SMILES string of the molecule is COc1ccc(NC(=O)CSCc2nc(-c3ccc(Cl)cc3)no2)cc1Cl. The number of ether oxygens (including phenoxy) is 1. The number of nitrogens with one attached hydrogen (secondary N) is 1. The first-order valence-corrected chi connectivity index (χ1v) is 9.76. The Bertz CT molecular complexity index is 932. The van der Waals surface area contributed by atoms with Crippen molar-refractivity contribution in [2.45, 2.75) is 5.75 Å². The van der Waals surface area contributed by atoms with E-state index in [1.165, 1.54) is 18.9 Å². The van der Waals surface area contributed by atoms with E-state index in [2.05, 4.69) is 15.5 Å². The third-order valence-electron chi connectivity index (χ3n) is 3.46. The van der Waals surface area contributed by atoms with Crippen LogP contribution < -0.4 is 10.1 Å². The molecule has 1 amide bonds. The third-order valence-corrected chi connectivity index (χ3v) is 4.93. The fourth-order valence-electron chi connectivity index (χ4n) is 2.20. The van der Waals surface area contributed by atoms with Gasteiger partial charge >= 0.3 is 0 Å². The van der Waals surface area contributed by atoms with Gasteiger partial charge in [0.05, 0.1) is 23.6 Å². The molecule has 3 rings (SSSR count). The molecule has 0 spiro atoms. The van der Waals surface area contributed by atoms with Gasteiger partial charge in [0.1, 0.15) is 5.75 Å². The molecular formula is C18H15Cl2N3O3S. The molecule has 0 saturated heterocycles. The van der Waals surface area contributed by atoms with Crippen LogP contribution in [-0.2, 0) is 10.5 Å². The summed E-state index contributed by atoms with van der Waals surface area (Å²) in [7, 11) is 1.53. The maximum absolute atomic E-state index is 12.0. The molecule has 0 aliphatic rings. The van der Waals surface area contributed by atoms with Crippen LogP contribution in [0.4, 0.5) is 5.69 Å². The largest absolute Gasteiger partial charge is 0.495 e. The molecule has 0 aliphatic heterocycles. The van der Waals surface area contributed by atoms with E-state index in [9.17, 15) is 4.79 Å². The van der Waals surface area contributed by atoms with Gasteiger partial charge in [0, 0.05) is 16.3 Å². The Morgan fingerprint density at radius 2 is 2.00 bits per heavy atom. The monoisotopic (exact) mass is 423 g/mol. The number of benzene rings is 2. The quantitative estimate of drug-likeness (QED) is 0.580. The molecule has 6 nitrogen and oxygen atoms in total. The van der Waals surface area contributed by atoms with Crippen LogP contribution in [0.1, 0.15) is 5.89 Å². The number of amides is 1. The molecule has 0 atom stereocenters. The lowest BCUT2D eigenvalue weighted by Crippen LogP contribution is -2.14. The number of carbonyl (C=O) groups is 1. The van der Waals surface area contributed by atoms with Crippen molar-refractivity contribution in [2.75, 3.05) is 18.2 Å². The second-order valence-electron chi connectivity index (χ2n) is 5.41. The van der Waals surface area contributed by atoms with Gasteiger partial charge in [0.15, 0.2) is 0 Å². The van der Waals surface area contributed by atoms with Crippen molar-refractivity contribution in [1.82, 2.24) is 10.1 Å². The smallest absolute Gasteiger partial charge is 0.236 e. The number of aromatic nitrogens is 2. The Kier molecular flexibility index (Phi) is 6.60. The standard InChI is InChI=1S/C18H15Cl2N3O3S/c1-25-15-7-6-13(8-14(15)20)21-16(24)9-27-10-17-22-18(23-26-17)11-2-4-12(19)5-3-11/h2-8H,9-10H2,1H3,(H,21,24). The Morgan fingerprint density at radius 3 is 2.70 bits per heavy atom. The normalized spacial score (nSPS) is 10.6. The van der Waals surface area contributed by atoms with Crippen LogP contribution in [-0.4, -0.2) is 28.9 Å². The number of anilines is 1. The van der Waals surface area contributed by atoms with Gasteiger partial charge in [-0.15, -0.1) is 11.8 Å². The average molecular weight is 424 g/mol. The third kappa shape index (κ3) is 5.38. The Hall–Kier alpha value is -2.22. The van der Waals surface area contributed by atoms with Gasteiger partial charge in [-0.2, -0.15) is 4.98 Å². The Labute approximate surface area is 170 Å². The molecule has 0 unspecified atom stereocenters. The highest BCUT2D eigenvalue weighted by atomic mass is 35.5. The molecule has 3 aromatic rings. The number of thioether (sulfide) groups is 1. The van der Waals surface area contributed by atoms with Gasteiger partial charge in [-0.1, -0.05) is 28.4 Å². The zero-order valence-electron chi connectivity index (χ0n) is 14.2. The summed E-state index contributed by atoms with van der Waals surface area (Å²) in [6, 6.07) is 12.2. The first-order valence-electron chi connectivity index (χ1n) is 7.85. The second-order valence-corrected chi connectivity index (χ2v) is 7.24. The molecule has 9 heteroatoms.